The molecule has 0 spiro atoms. The Morgan fingerprint density at radius 2 is 1.05 bits per heavy atom. The fourth-order valence-electron chi connectivity index (χ4n) is 6.38. The summed E-state index contributed by atoms with van der Waals surface area (Å²) < 4.78 is 0. The number of hydrogen-bond donors (Lipinski definition) is 2. The molecule has 0 saturated carbocycles. The van der Waals surface area contributed by atoms with Gasteiger partial charge in [-0.05, 0) is 143 Å². The van der Waals surface area contributed by atoms with Gasteiger partial charge < -0.3 is 20.2 Å². The van der Waals surface area contributed by atoms with Crippen LogP contribution in [0.3, 0.4) is 0 Å². The van der Waals surface area contributed by atoms with Gasteiger partial charge in [0.15, 0.2) is 0 Å². The summed E-state index contributed by atoms with van der Waals surface area (Å²) in [5, 5.41) is 26.9. The van der Waals surface area contributed by atoms with Crippen molar-refractivity contribution < 1.29 is 10.4 Å². The van der Waals surface area contributed by atoms with Gasteiger partial charge in [-0.1, -0.05) is 47.4 Å². The van der Waals surface area contributed by atoms with Gasteiger partial charge >= 0.3 is 0 Å². The third-order valence-electron chi connectivity index (χ3n) is 8.46. The van der Waals surface area contributed by atoms with Crippen LogP contribution in [0.5, 0.6) is 0 Å². The van der Waals surface area contributed by atoms with Crippen LogP contribution in [-0.2, 0) is 6.42 Å². The molecule has 2 fully saturated rings. The van der Waals surface area contributed by atoms with Crippen LogP contribution in [0.2, 0.25) is 0 Å². The fraction of sp³-hybridized carbons (Fsp3) is 0.548. The van der Waals surface area contributed by atoms with Crippen molar-refractivity contribution in [2.75, 3.05) is 39.3 Å². The van der Waals surface area contributed by atoms with Crippen molar-refractivity contribution in [1.82, 2.24) is 9.80 Å². The van der Waals surface area contributed by atoms with E-state index in [2.05, 4.69) is 56.5 Å². The topological polar surface area (TPSA) is 71.7 Å². The standard InChI is InChI=1S/C31H42N4O2/c36-32-30(9-7-19-34-15-3-1-4-16-34)24-11-13-28-26(21-24)23-27-22-25(12-14-29(27)28)31(33-37)10-8-20-35-17-5-2-6-18-35/h11-14,21-22,36-37H,1-10,15-20,23H2/b32-30+,33-31+. The molecule has 0 amide bonds. The zero-order valence-corrected chi connectivity index (χ0v) is 22.2. The number of hydrogen-bond acceptors (Lipinski definition) is 6. The largest absolute Gasteiger partial charge is 0.411 e. The Kier molecular flexibility index (Phi) is 8.90. The summed E-state index contributed by atoms with van der Waals surface area (Å²) in [6.07, 6.45) is 12.4. The third kappa shape index (κ3) is 6.42. The van der Waals surface area contributed by atoms with E-state index in [0.29, 0.717) is 0 Å². The van der Waals surface area contributed by atoms with Crippen LogP contribution >= 0.6 is 0 Å². The Bertz CT molecular complexity index is 1030. The summed E-state index contributed by atoms with van der Waals surface area (Å²) >= 11 is 0. The highest BCUT2D eigenvalue weighted by molar-refractivity contribution is 6.02. The predicted octanol–water partition coefficient (Wildman–Crippen LogP) is 6.15. The van der Waals surface area contributed by atoms with E-state index in [1.165, 1.54) is 87.0 Å². The lowest BCUT2D eigenvalue weighted by molar-refractivity contribution is 0.227. The van der Waals surface area contributed by atoms with Gasteiger partial charge in [0, 0.05) is 0 Å². The highest BCUT2D eigenvalue weighted by Gasteiger charge is 2.21. The van der Waals surface area contributed by atoms with Gasteiger partial charge in [-0.2, -0.15) is 0 Å². The molecule has 37 heavy (non-hydrogen) atoms. The normalized spacial score (nSPS) is 19.1. The van der Waals surface area contributed by atoms with Crippen molar-refractivity contribution in [3.63, 3.8) is 0 Å². The molecule has 2 aromatic rings. The van der Waals surface area contributed by atoms with Crippen LogP contribution in [0, 0.1) is 0 Å². The van der Waals surface area contributed by atoms with E-state index >= 15 is 0 Å². The van der Waals surface area contributed by atoms with Gasteiger partial charge in [0.05, 0.1) is 11.4 Å². The molecule has 0 bridgehead atoms. The second-order valence-electron chi connectivity index (χ2n) is 11.0. The van der Waals surface area contributed by atoms with Crippen LogP contribution in [0.4, 0.5) is 0 Å². The highest BCUT2D eigenvalue weighted by Crippen LogP contribution is 2.38. The number of rotatable bonds is 10. The predicted molar refractivity (Wildman–Crippen MR) is 150 cm³/mol. The van der Waals surface area contributed by atoms with Crippen molar-refractivity contribution in [3.05, 3.63) is 58.7 Å². The Hall–Kier alpha value is -2.70. The molecule has 6 nitrogen and oxygen atoms in total. The molecule has 5 rings (SSSR count). The highest BCUT2D eigenvalue weighted by atomic mass is 16.4. The van der Waals surface area contributed by atoms with E-state index in [9.17, 15) is 10.4 Å². The molecule has 1 aliphatic carbocycles. The van der Waals surface area contributed by atoms with Gasteiger partial charge in [-0.3, -0.25) is 0 Å². The average Bonchev–Trinajstić information content (AvgIpc) is 3.31. The fourth-order valence-corrected chi connectivity index (χ4v) is 6.38. The molecule has 2 aliphatic heterocycles. The van der Waals surface area contributed by atoms with E-state index in [-0.39, 0.29) is 0 Å². The summed E-state index contributed by atoms with van der Waals surface area (Å²) in [5.41, 5.74) is 8.64. The molecule has 2 N–H and O–H groups in total. The van der Waals surface area contributed by atoms with Gasteiger partial charge in [0.2, 0.25) is 0 Å². The minimum absolute atomic E-state index is 0.778. The lowest BCUT2D eigenvalue weighted by Crippen LogP contribution is -2.30. The van der Waals surface area contributed by atoms with E-state index in [4.69, 9.17) is 0 Å². The molecular weight excluding hydrogens is 460 g/mol. The summed E-state index contributed by atoms with van der Waals surface area (Å²) in [6.45, 7) is 6.95. The first kappa shape index (κ1) is 25.9. The Morgan fingerprint density at radius 1 is 0.622 bits per heavy atom. The zero-order valence-electron chi connectivity index (χ0n) is 22.2. The van der Waals surface area contributed by atoms with Crippen molar-refractivity contribution in [2.24, 2.45) is 10.3 Å². The number of nitrogens with zero attached hydrogens (tertiary/aromatic N) is 4. The maximum atomic E-state index is 9.75. The van der Waals surface area contributed by atoms with Crippen LogP contribution in [-0.4, -0.2) is 70.9 Å². The maximum absolute atomic E-state index is 9.75. The number of likely N-dealkylation sites (tertiary alicyclic amines) is 2. The quantitative estimate of drug-likeness (QED) is 0.198. The van der Waals surface area contributed by atoms with E-state index in [0.717, 1.165) is 67.7 Å². The van der Waals surface area contributed by atoms with Crippen molar-refractivity contribution in [2.45, 2.75) is 70.6 Å². The molecule has 0 radical (unpaired) electrons. The number of piperidine rings is 2. The molecule has 2 heterocycles. The smallest absolute Gasteiger partial charge is 0.0868 e. The SMILES string of the molecule is O/N=C(\CCCN1CCCCC1)c1ccc2c(c1)Cc1cc(/C(CCCN3CCCCC3)=N/O)ccc1-2. The first-order valence-corrected chi connectivity index (χ1v) is 14.4. The second kappa shape index (κ2) is 12.7. The van der Waals surface area contributed by atoms with Gasteiger partial charge in [0.1, 0.15) is 0 Å². The number of oxime groups is 2. The minimum atomic E-state index is 0.778. The molecule has 0 aromatic heterocycles. The van der Waals surface area contributed by atoms with Crippen LogP contribution in [0.15, 0.2) is 46.7 Å². The molecule has 3 aliphatic rings. The van der Waals surface area contributed by atoms with E-state index in [1.54, 1.807) is 0 Å². The molecule has 2 saturated heterocycles. The lowest BCUT2D eigenvalue weighted by Gasteiger charge is -2.26. The number of fused-ring (bicyclic) bond motifs is 3. The van der Waals surface area contributed by atoms with Gasteiger partial charge in [-0.25, -0.2) is 0 Å². The Morgan fingerprint density at radius 3 is 1.46 bits per heavy atom. The second-order valence-corrected chi connectivity index (χ2v) is 11.0. The van der Waals surface area contributed by atoms with Crippen LogP contribution < -0.4 is 0 Å². The first-order valence-electron chi connectivity index (χ1n) is 14.4. The summed E-state index contributed by atoms with van der Waals surface area (Å²) in [6, 6.07) is 12.9. The van der Waals surface area contributed by atoms with E-state index < -0.39 is 0 Å². The molecule has 2 aromatic carbocycles. The van der Waals surface area contributed by atoms with Crippen molar-refractivity contribution in [1.29, 1.82) is 0 Å². The maximum Gasteiger partial charge on any atom is 0.0868 e. The van der Waals surface area contributed by atoms with E-state index in [1.807, 2.05) is 0 Å². The van der Waals surface area contributed by atoms with Crippen LogP contribution in [0.1, 0.15) is 86.5 Å². The molecule has 0 unspecified atom stereocenters. The third-order valence-corrected chi connectivity index (χ3v) is 8.46. The molecule has 198 valence electrons. The zero-order chi connectivity index (χ0) is 25.5. The van der Waals surface area contributed by atoms with Gasteiger partial charge in [-0.15, -0.1) is 0 Å². The monoisotopic (exact) mass is 502 g/mol. The molecule has 6 heteroatoms. The summed E-state index contributed by atoms with van der Waals surface area (Å²) in [5.74, 6) is 0. The molecular formula is C31H42N4O2. The van der Waals surface area contributed by atoms with Gasteiger partial charge in [0.25, 0.3) is 0 Å². The Labute approximate surface area is 221 Å². The van der Waals surface area contributed by atoms with Crippen molar-refractivity contribution in [3.8, 4) is 11.1 Å². The summed E-state index contributed by atoms with van der Waals surface area (Å²) in [4.78, 5) is 5.07. The average molecular weight is 503 g/mol. The summed E-state index contributed by atoms with van der Waals surface area (Å²) in [7, 11) is 0. The first-order chi connectivity index (χ1) is 18.2. The van der Waals surface area contributed by atoms with Crippen molar-refractivity contribution >= 4 is 11.4 Å². The molecule has 0 atom stereocenters. The Balaban J connectivity index is 1.20. The lowest BCUT2D eigenvalue weighted by atomic mass is 9.98. The number of benzene rings is 2. The van der Waals surface area contributed by atoms with Crippen LogP contribution in [0.25, 0.3) is 11.1 Å². The minimum Gasteiger partial charge on any atom is -0.411 e.